The van der Waals surface area contributed by atoms with Crippen molar-refractivity contribution in [2.75, 3.05) is 32.7 Å². The van der Waals surface area contributed by atoms with Gasteiger partial charge in [-0.25, -0.2) is 0 Å². The van der Waals surface area contributed by atoms with Gasteiger partial charge in [0.1, 0.15) is 5.41 Å². The molecule has 4 aliphatic rings. The molecule has 0 aliphatic carbocycles. The largest absolute Gasteiger partial charge is 0.481 e. The molecule has 0 aromatic carbocycles. The van der Waals surface area contributed by atoms with Gasteiger partial charge in [-0.1, -0.05) is 0 Å². The average molecular weight is 226 g/mol. The second-order valence-corrected chi connectivity index (χ2v) is 5.47. The molecule has 5 heteroatoms. The molecule has 2 bridgehead atoms. The average Bonchev–Trinajstić information content (AvgIpc) is 2.15. The van der Waals surface area contributed by atoms with E-state index in [0.717, 1.165) is 25.9 Å². The molecule has 4 rings (SSSR count). The Labute approximate surface area is 94.4 Å². The van der Waals surface area contributed by atoms with Crippen LogP contribution in [0.4, 0.5) is 0 Å². The molecule has 0 amide bonds. The summed E-state index contributed by atoms with van der Waals surface area (Å²) in [5.41, 5.74) is -1.97. The molecule has 4 heterocycles. The molecule has 4 fully saturated rings. The van der Waals surface area contributed by atoms with Gasteiger partial charge < -0.3 is 20.4 Å². The van der Waals surface area contributed by atoms with E-state index in [2.05, 4.69) is 10.2 Å². The van der Waals surface area contributed by atoms with Crippen LogP contribution in [0.5, 0.6) is 0 Å². The van der Waals surface area contributed by atoms with Gasteiger partial charge in [-0.3, -0.25) is 4.79 Å². The highest BCUT2D eigenvalue weighted by Gasteiger charge is 2.65. The Balaban J connectivity index is 1.95. The molecule has 1 unspecified atom stereocenters. The van der Waals surface area contributed by atoms with Gasteiger partial charge in [-0.15, -0.1) is 0 Å². The van der Waals surface area contributed by atoms with Crippen LogP contribution in [0.2, 0.25) is 0 Å². The number of rotatable bonds is 2. The maximum atomic E-state index is 11.5. The lowest BCUT2D eigenvalue weighted by Gasteiger charge is -2.60. The molecule has 0 saturated carbocycles. The summed E-state index contributed by atoms with van der Waals surface area (Å²) in [5.74, 6) is -0.682. The Morgan fingerprint density at radius 2 is 1.94 bits per heavy atom. The molecule has 3 N–H and O–H groups in total. The maximum Gasteiger partial charge on any atom is 0.315 e. The van der Waals surface area contributed by atoms with E-state index in [0.29, 0.717) is 19.6 Å². The Morgan fingerprint density at radius 1 is 1.31 bits per heavy atom. The van der Waals surface area contributed by atoms with Crippen LogP contribution < -0.4 is 5.32 Å². The first-order valence-electron chi connectivity index (χ1n) is 5.97. The zero-order valence-corrected chi connectivity index (χ0v) is 9.28. The minimum absolute atomic E-state index is 0.163. The highest BCUT2D eigenvalue weighted by molar-refractivity contribution is 5.78. The fraction of sp³-hybridized carbons (Fsp3) is 0.909. The molecule has 0 aromatic rings. The van der Waals surface area contributed by atoms with Crippen molar-refractivity contribution >= 4 is 5.97 Å². The van der Waals surface area contributed by atoms with Crippen molar-refractivity contribution < 1.29 is 15.0 Å². The summed E-state index contributed by atoms with van der Waals surface area (Å²) in [6, 6.07) is 0. The first-order valence-corrected chi connectivity index (χ1v) is 5.97. The highest BCUT2D eigenvalue weighted by atomic mass is 16.4. The SMILES string of the molecule is O=C(O)C1(C2(O)CN3CCC2CC3)CNC1. The van der Waals surface area contributed by atoms with Gasteiger partial charge in [-0.05, 0) is 31.8 Å². The number of carboxylic acids is 1. The Hall–Kier alpha value is -0.650. The lowest BCUT2D eigenvalue weighted by Crippen LogP contribution is -2.77. The first kappa shape index (κ1) is 10.5. The summed E-state index contributed by atoms with van der Waals surface area (Å²) >= 11 is 0. The van der Waals surface area contributed by atoms with E-state index in [-0.39, 0.29) is 5.92 Å². The van der Waals surface area contributed by atoms with E-state index < -0.39 is 17.0 Å². The molecule has 16 heavy (non-hydrogen) atoms. The number of piperidine rings is 3. The molecular weight excluding hydrogens is 208 g/mol. The van der Waals surface area contributed by atoms with Gasteiger partial charge >= 0.3 is 5.97 Å². The monoisotopic (exact) mass is 226 g/mol. The van der Waals surface area contributed by atoms with Gasteiger partial charge in [0.2, 0.25) is 0 Å². The van der Waals surface area contributed by atoms with Gasteiger partial charge in [0.05, 0.1) is 5.60 Å². The quantitative estimate of drug-likeness (QED) is 0.570. The standard InChI is InChI=1S/C11H18N2O3/c14-9(15)10(5-12-6-10)11(16)7-13-3-1-8(11)2-4-13/h8,12,16H,1-7H2,(H,14,15). The summed E-state index contributed by atoms with van der Waals surface area (Å²) in [6.07, 6.45) is 1.87. The predicted octanol–water partition coefficient (Wildman–Crippen LogP) is -0.883. The molecular formula is C11H18N2O3. The van der Waals surface area contributed by atoms with Crippen LogP contribution in [-0.2, 0) is 4.79 Å². The lowest BCUT2D eigenvalue weighted by atomic mass is 9.57. The third kappa shape index (κ3) is 1.08. The van der Waals surface area contributed by atoms with Crippen molar-refractivity contribution in [2.24, 2.45) is 11.3 Å². The van der Waals surface area contributed by atoms with Gasteiger partial charge in [0.25, 0.3) is 0 Å². The number of carboxylic acid groups (broad SMARTS) is 1. The van der Waals surface area contributed by atoms with E-state index in [1.165, 1.54) is 0 Å². The normalized spacial score (nSPS) is 45.1. The Morgan fingerprint density at radius 3 is 2.25 bits per heavy atom. The number of nitrogens with one attached hydrogen (secondary N) is 1. The number of carbonyl (C=O) groups is 1. The highest BCUT2D eigenvalue weighted by Crippen LogP contribution is 2.48. The zero-order chi connectivity index (χ0) is 11.4. The Kier molecular flexibility index (Phi) is 2.09. The van der Waals surface area contributed by atoms with Crippen molar-refractivity contribution in [3.8, 4) is 0 Å². The summed E-state index contributed by atoms with van der Waals surface area (Å²) in [5, 5.41) is 23.3. The molecule has 4 saturated heterocycles. The first-order chi connectivity index (χ1) is 7.58. The number of fused-ring (bicyclic) bond motifs is 3. The molecule has 90 valence electrons. The molecule has 0 spiro atoms. The molecule has 0 radical (unpaired) electrons. The Bertz CT molecular complexity index is 321. The van der Waals surface area contributed by atoms with Crippen LogP contribution in [0.1, 0.15) is 12.8 Å². The van der Waals surface area contributed by atoms with E-state index in [1.807, 2.05) is 0 Å². The molecule has 0 aromatic heterocycles. The minimum Gasteiger partial charge on any atom is -0.481 e. The van der Waals surface area contributed by atoms with E-state index >= 15 is 0 Å². The van der Waals surface area contributed by atoms with Crippen molar-refractivity contribution in [3.05, 3.63) is 0 Å². The van der Waals surface area contributed by atoms with Crippen LogP contribution in [0.15, 0.2) is 0 Å². The molecule has 5 nitrogen and oxygen atoms in total. The van der Waals surface area contributed by atoms with Crippen molar-refractivity contribution in [3.63, 3.8) is 0 Å². The van der Waals surface area contributed by atoms with E-state index in [4.69, 9.17) is 0 Å². The lowest BCUT2D eigenvalue weighted by molar-refractivity contribution is -0.216. The number of hydrogen-bond acceptors (Lipinski definition) is 4. The number of aliphatic hydroxyl groups is 1. The minimum atomic E-state index is -1.03. The van der Waals surface area contributed by atoms with Gasteiger partial charge in [0.15, 0.2) is 0 Å². The smallest absolute Gasteiger partial charge is 0.315 e. The predicted molar refractivity (Wildman–Crippen MR) is 57.1 cm³/mol. The maximum absolute atomic E-state index is 11.5. The van der Waals surface area contributed by atoms with Crippen molar-refractivity contribution in [1.29, 1.82) is 0 Å². The van der Waals surface area contributed by atoms with E-state index in [9.17, 15) is 15.0 Å². The summed E-state index contributed by atoms with van der Waals surface area (Å²) < 4.78 is 0. The van der Waals surface area contributed by atoms with Gasteiger partial charge in [0, 0.05) is 19.6 Å². The molecule has 1 atom stereocenters. The van der Waals surface area contributed by atoms with E-state index in [1.54, 1.807) is 0 Å². The van der Waals surface area contributed by atoms with Crippen LogP contribution >= 0.6 is 0 Å². The fourth-order valence-corrected chi connectivity index (χ4v) is 3.60. The third-order valence-corrected chi connectivity index (χ3v) is 4.82. The second-order valence-electron chi connectivity index (χ2n) is 5.47. The van der Waals surface area contributed by atoms with Crippen LogP contribution in [0, 0.1) is 11.3 Å². The number of hydrogen-bond donors (Lipinski definition) is 3. The number of nitrogens with zero attached hydrogens (tertiary/aromatic N) is 1. The van der Waals surface area contributed by atoms with Crippen LogP contribution in [0.3, 0.4) is 0 Å². The van der Waals surface area contributed by atoms with Crippen LogP contribution in [0.25, 0.3) is 0 Å². The van der Waals surface area contributed by atoms with Crippen LogP contribution in [-0.4, -0.2) is 59.4 Å². The number of aliphatic carboxylic acids is 1. The fourth-order valence-electron chi connectivity index (χ4n) is 3.60. The summed E-state index contributed by atoms with van der Waals surface area (Å²) in [6.45, 7) is 3.37. The second kappa shape index (κ2) is 3.18. The van der Waals surface area contributed by atoms with Gasteiger partial charge in [-0.2, -0.15) is 0 Å². The third-order valence-electron chi connectivity index (χ3n) is 4.82. The topological polar surface area (TPSA) is 72.8 Å². The zero-order valence-electron chi connectivity index (χ0n) is 9.28. The summed E-state index contributed by atoms with van der Waals surface area (Å²) in [7, 11) is 0. The summed E-state index contributed by atoms with van der Waals surface area (Å²) in [4.78, 5) is 13.7. The molecule has 4 aliphatic heterocycles. The van der Waals surface area contributed by atoms with Crippen molar-refractivity contribution in [1.82, 2.24) is 10.2 Å². The van der Waals surface area contributed by atoms with Crippen molar-refractivity contribution in [2.45, 2.75) is 18.4 Å².